The number of nitrogens with zero attached hydrogens (tertiary/aromatic N) is 4. The Hall–Kier alpha value is -2.69. The second-order valence-electron chi connectivity index (χ2n) is 8.06. The normalized spacial score (nSPS) is 20.3. The van der Waals surface area contributed by atoms with Crippen LogP contribution in [0.3, 0.4) is 0 Å². The molecule has 10 heteroatoms. The molecule has 2 aliphatic rings. The summed E-state index contributed by atoms with van der Waals surface area (Å²) < 4.78 is 12.0. The highest BCUT2D eigenvalue weighted by molar-refractivity contribution is 8.01. The van der Waals surface area contributed by atoms with Gasteiger partial charge in [-0.15, -0.1) is 10.2 Å². The molecule has 0 spiro atoms. The minimum atomic E-state index is -0.248. The van der Waals surface area contributed by atoms with Crippen molar-refractivity contribution in [1.29, 1.82) is 0 Å². The third kappa shape index (κ3) is 5.29. The van der Waals surface area contributed by atoms with Gasteiger partial charge in [0.25, 0.3) is 5.91 Å². The summed E-state index contributed by atoms with van der Waals surface area (Å²) in [7, 11) is 0. The molecule has 0 bridgehead atoms. The summed E-state index contributed by atoms with van der Waals surface area (Å²) in [6, 6.07) is 11.7. The van der Waals surface area contributed by atoms with Crippen LogP contribution in [0, 0.1) is 6.92 Å². The topological polar surface area (TPSA) is 92.9 Å². The highest BCUT2D eigenvalue weighted by Gasteiger charge is 2.34. The van der Waals surface area contributed by atoms with Gasteiger partial charge in [-0.25, -0.2) is 5.01 Å². The SMILES string of the molecule is Cc1ccc(C2=NN(C(=O)CSc3nnc(NC[C@H]4CCCO4)s3)[C@H](c3ccco3)C2)cc1. The quantitative estimate of drug-likeness (QED) is 0.472. The smallest absolute Gasteiger partial charge is 0.253 e. The van der Waals surface area contributed by atoms with Crippen LogP contribution in [0.4, 0.5) is 5.13 Å². The van der Waals surface area contributed by atoms with Gasteiger partial charge >= 0.3 is 0 Å². The van der Waals surface area contributed by atoms with E-state index in [1.165, 1.54) is 28.7 Å². The minimum absolute atomic E-state index is 0.0902. The first-order valence-electron chi connectivity index (χ1n) is 11.0. The molecule has 1 fully saturated rings. The summed E-state index contributed by atoms with van der Waals surface area (Å²) in [4.78, 5) is 13.1. The number of rotatable bonds is 8. The number of furan rings is 1. The van der Waals surface area contributed by atoms with Crippen molar-refractivity contribution >= 4 is 39.8 Å². The number of hydrazone groups is 1. The lowest BCUT2D eigenvalue weighted by molar-refractivity contribution is -0.130. The fourth-order valence-corrected chi connectivity index (χ4v) is 5.51. The Morgan fingerprint density at radius 2 is 2.15 bits per heavy atom. The number of carbonyl (C=O) groups is 1. The van der Waals surface area contributed by atoms with Crippen molar-refractivity contribution in [3.05, 3.63) is 59.5 Å². The Balaban J connectivity index is 1.23. The van der Waals surface area contributed by atoms with E-state index in [9.17, 15) is 4.79 Å². The molecule has 2 aromatic heterocycles. The zero-order valence-electron chi connectivity index (χ0n) is 18.3. The Morgan fingerprint density at radius 1 is 1.27 bits per heavy atom. The van der Waals surface area contributed by atoms with Crippen LogP contribution < -0.4 is 5.32 Å². The number of anilines is 1. The molecular formula is C23H25N5O3S2. The van der Waals surface area contributed by atoms with Crippen LogP contribution >= 0.6 is 23.1 Å². The number of aryl methyl sites for hydroxylation is 1. The molecule has 33 heavy (non-hydrogen) atoms. The highest BCUT2D eigenvalue weighted by atomic mass is 32.2. The van der Waals surface area contributed by atoms with Gasteiger partial charge in [0.2, 0.25) is 5.13 Å². The Morgan fingerprint density at radius 3 is 2.91 bits per heavy atom. The second-order valence-corrected chi connectivity index (χ2v) is 10.3. The standard InChI is InChI=1S/C23H25N5O3S2/c1-15-6-8-16(9-7-15)18-12-19(20-5-3-11-31-20)28(27-18)21(29)14-32-23-26-25-22(33-23)24-13-17-4-2-10-30-17/h3,5-9,11,17,19H,2,4,10,12-14H2,1H3,(H,24,25)/t17-,19+/m1/s1. The number of hydrogen-bond donors (Lipinski definition) is 1. The zero-order valence-corrected chi connectivity index (χ0v) is 19.9. The molecule has 8 nitrogen and oxygen atoms in total. The van der Waals surface area contributed by atoms with E-state index in [0.29, 0.717) is 6.42 Å². The molecule has 2 atom stereocenters. The van der Waals surface area contributed by atoms with Crippen molar-refractivity contribution in [3.8, 4) is 0 Å². The number of benzene rings is 1. The van der Waals surface area contributed by atoms with Crippen LogP contribution in [0.5, 0.6) is 0 Å². The van der Waals surface area contributed by atoms with Crippen molar-refractivity contribution in [2.24, 2.45) is 5.10 Å². The van der Waals surface area contributed by atoms with Gasteiger partial charge in [0.1, 0.15) is 11.8 Å². The van der Waals surface area contributed by atoms with Crippen LogP contribution in [0.15, 0.2) is 56.5 Å². The molecule has 0 unspecified atom stereocenters. The predicted molar refractivity (Wildman–Crippen MR) is 129 cm³/mol. The lowest BCUT2D eigenvalue weighted by atomic mass is 10.0. The van der Waals surface area contributed by atoms with Crippen LogP contribution in [0.1, 0.15) is 42.2 Å². The third-order valence-electron chi connectivity index (χ3n) is 5.65. The van der Waals surface area contributed by atoms with Crippen molar-refractivity contribution < 1.29 is 13.9 Å². The van der Waals surface area contributed by atoms with E-state index in [4.69, 9.17) is 9.15 Å². The van der Waals surface area contributed by atoms with E-state index in [2.05, 4.69) is 39.7 Å². The molecular weight excluding hydrogens is 458 g/mol. The van der Waals surface area contributed by atoms with E-state index in [-0.39, 0.29) is 23.8 Å². The van der Waals surface area contributed by atoms with E-state index < -0.39 is 0 Å². The molecule has 172 valence electrons. The molecule has 1 aromatic carbocycles. The fraction of sp³-hybridized carbons (Fsp3) is 0.391. The van der Waals surface area contributed by atoms with Crippen LogP contribution in [-0.4, -0.2) is 51.8 Å². The van der Waals surface area contributed by atoms with Gasteiger partial charge in [-0.2, -0.15) is 5.10 Å². The van der Waals surface area contributed by atoms with Gasteiger partial charge in [0, 0.05) is 19.6 Å². The summed E-state index contributed by atoms with van der Waals surface area (Å²) in [6.07, 6.45) is 4.65. The van der Waals surface area contributed by atoms with Crippen molar-refractivity contribution in [2.45, 2.75) is 42.7 Å². The van der Waals surface area contributed by atoms with Crippen molar-refractivity contribution in [1.82, 2.24) is 15.2 Å². The average molecular weight is 484 g/mol. The predicted octanol–water partition coefficient (Wildman–Crippen LogP) is 4.50. The van der Waals surface area contributed by atoms with Gasteiger partial charge < -0.3 is 14.5 Å². The van der Waals surface area contributed by atoms with E-state index >= 15 is 0 Å². The number of amides is 1. The van der Waals surface area contributed by atoms with Gasteiger partial charge in [0.15, 0.2) is 4.34 Å². The summed E-state index contributed by atoms with van der Waals surface area (Å²) in [6.45, 7) is 3.61. The zero-order chi connectivity index (χ0) is 22.6. The second kappa shape index (κ2) is 10.1. The Bertz CT molecular complexity index is 1110. The number of ether oxygens (including phenoxy) is 1. The van der Waals surface area contributed by atoms with E-state index in [1.807, 2.05) is 24.3 Å². The molecule has 4 heterocycles. The van der Waals surface area contributed by atoms with Crippen molar-refractivity contribution in [3.63, 3.8) is 0 Å². The summed E-state index contributed by atoms with van der Waals surface area (Å²) in [5.74, 6) is 0.866. The maximum Gasteiger partial charge on any atom is 0.253 e. The summed E-state index contributed by atoms with van der Waals surface area (Å²) >= 11 is 2.82. The van der Waals surface area contributed by atoms with Gasteiger partial charge in [-0.3, -0.25) is 4.79 Å². The lowest BCUT2D eigenvalue weighted by Crippen LogP contribution is -2.28. The molecule has 3 aromatic rings. The first-order valence-corrected chi connectivity index (χ1v) is 12.8. The van der Waals surface area contributed by atoms with E-state index in [0.717, 1.165) is 52.5 Å². The molecule has 0 radical (unpaired) electrons. The first-order chi connectivity index (χ1) is 16.2. The van der Waals surface area contributed by atoms with Crippen LogP contribution in [0.25, 0.3) is 0 Å². The van der Waals surface area contributed by atoms with Gasteiger partial charge in [-0.05, 0) is 37.5 Å². The maximum atomic E-state index is 13.1. The number of carbonyl (C=O) groups excluding carboxylic acids is 1. The molecule has 0 saturated carbocycles. The summed E-state index contributed by atoms with van der Waals surface area (Å²) in [5, 5.41) is 18.6. The molecule has 1 N–H and O–H groups in total. The molecule has 1 saturated heterocycles. The number of aromatic nitrogens is 2. The molecule has 2 aliphatic heterocycles. The highest BCUT2D eigenvalue weighted by Crippen LogP contribution is 2.34. The fourth-order valence-electron chi connectivity index (χ4n) is 3.90. The Labute approximate surface area is 200 Å². The average Bonchev–Trinajstić information content (AvgIpc) is 3.62. The number of nitrogens with one attached hydrogen (secondary N) is 1. The van der Waals surface area contributed by atoms with Crippen molar-refractivity contribution in [2.75, 3.05) is 24.2 Å². The monoisotopic (exact) mass is 483 g/mol. The van der Waals surface area contributed by atoms with Crippen LogP contribution in [0.2, 0.25) is 0 Å². The Kier molecular flexibility index (Phi) is 6.75. The minimum Gasteiger partial charge on any atom is -0.467 e. The van der Waals surface area contributed by atoms with Crippen LogP contribution in [-0.2, 0) is 9.53 Å². The largest absolute Gasteiger partial charge is 0.467 e. The molecule has 1 amide bonds. The van der Waals surface area contributed by atoms with Gasteiger partial charge in [-0.1, -0.05) is 52.9 Å². The molecule has 5 rings (SSSR count). The lowest BCUT2D eigenvalue weighted by Gasteiger charge is -2.19. The van der Waals surface area contributed by atoms with E-state index in [1.54, 1.807) is 11.3 Å². The first kappa shape index (κ1) is 22.1. The summed E-state index contributed by atoms with van der Waals surface area (Å²) in [5.41, 5.74) is 3.09. The maximum absolute atomic E-state index is 13.1. The number of thioether (sulfide) groups is 1. The van der Waals surface area contributed by atoms with Gasteiger partial charge in [0.05, 0.1) is 23.8 Å². The molecule has 0 aliphatic carbocycles. The number of hydrogen-bond acceptors (Lipinski definition) is 9. The third-order valence-corrected chi connectivity index (χ3v) is 7.65.